The second kappa shape index (κ2) is 5.63. The quantitative estimate of drug-likeness (QED) is 0.810. The maximum atomic E-state index is 12.1. The van der Waals surface area contributed by atoms with E-state index in [4.69, 9.17) is 4.74 Å². The average Bonchev–Trinajstić information content (AvgIpc) is 2.94. The van der Waals surface area contributed by atoms with Crippen LogP contribution in [-0.4, -0.2) is 39.1 Å². The number of pyridine rings is 1. The van der Waals surface area contributed by atoms with Crippen LogP contribution >= 0.6 is 0 Å². The van der Waals surface area contributed by atoms with Crippen LogP contribution in [0.2, 0.25) is 0 Å². The lowest BCUT2D eigenvalue weighted by atomic mass is 9.90. The van der Waals surface area contributed by atoms with Crippen LogP contribution in [0.1, 0.15) is 45.1 Å². The monoisotopic (exact) mass is 301 g/mol. The Kier molecular flexibility index (Phi) is 3.81. The summed E-state index contributed by atoms with van der Waals surface area (Å²) < 4.78 is 7.50. The van der Waals surface area contributed by atoms with Crippen molar-refractivity contribution in [1.82, 2.24) is 14.3 Å². The van der Waals surface area contributed by atoms with Crippen LogP contribution in [-0.2, 0) is 4.74 Å². The van der Waals surface area contributed by atoms with E-state index in [2.05, 4.69) is 21.5 Å². The molecule has 0 N–H and O–H groups in total. The third-order valence-corrected chi connectivity index (χ3v) is 4.04. The van der Waals surface area contributed by atoms with Crippen LogP contribution in [0.25, 0.3) is 5.65 Å². The van der Waals surface area contributed by atoms with Crippen molar-refractivity contribution < 1.29 is 9.53 Å². The highest BCUT2D eigenvalue weighted by atomic mass is 16.6. The molecule has 2 aromatic heterocycles. The second-order valence-electron chi connectivity index (χ2n) is 6.86. The average molecular weight is 301 g/mol. The fraction of sp³-hybridized carbons (Fsp3) is 0.529. The summed E-state index contributed by atoms with van der Waals surface area (Å²) in [5.41, 5.74) is 1.87. The van der Waals surface area contributed by atoms with Crippen LogP contribution in [0.5, 0.6) is 0 Å². The first-order valence-corrected chi connectivity index (χ1v) is 7.83. The van der Waals surface area contributed by atoms with Gasteiger partial charge in [-0.25, -0.2) is 9.78 Å². The topological polar surface area (TPSA) is 46.8 Å². The molecule has 1 saturated heterocycles. The number of fused-ring (bicyclic) bond motifs is 1. The summed E-state index contributed by atoms with van der Waals surface area (Å²) in [7, 11) is 0. The van der Waals surface area contributed by atoms with Crippen molar-refractivity contribution in [2.24, 2.45) is 0 Å². The zero-order valence-corrected chi connectivity index (χ0v) is 13.5. The minimum Gasteiger partial charge on any atom is -0.444 e. The van der Waals surface area contributed by atoms with Gasteiger partial charge >= 0.3 is 6.09 Å². The minimum absolute atomic E-state index is 0.204. The van der Waals surface area contributed by atoms with E-state index < -0.39 is 5.60 Å². The number of ether oxygens (including phenoxy) is 1. The van der Waals surface area contributed by atoms with Gasteiger partial charge in [-0.1, -0.05) is 6.07 Å². The molecular weight excluding hydrogens is 278 g/mol. The van der Waals surface area contributed by atoms with Gasteiger partial charge in [-0.3, -0.25) is 0 Å². The molecule has 1 aliphatic heterocycles. The number of hydrogen-bond donors (Lipinski definition) is 0. The van der Waals surface area contributed by atoms with E-state index in [0.29, 0.717) is 5.92 Å². The van der Waals surface area contributed by atoms with E-state index in [1.807, 2.05) is 44.3 Å². The number of hydrogen-bond acceptors (Lipinski definition) is 3. The van der Waals surface area contributed by atoms with Crippen molar-refractivity contribution in [1.29, 1.82) is 0 Å². The molecule has 22 heavy (non-hydrogen) atoms. The number of amides is 1. The molecule has 0 unspecified atom stereocenters. The Morgan fingerprint density at radius 3 is 2.68 bits per heavy atom. The molecule has 118 valence electrons. The van der Waals surface area contributed by atoms with Gasteiger partial charge < -0.3 is 14.0 Å². The molecule has 0 radical (unpaired) electrons. The smallest absolute Gasteiger partial charge is 0.410 e. The van der Waals surface area contributed by atoms with Crippen molar-refractivity contribution in [3.8, 4) is 0 Å². The van der Waals surface area contributed by atoms with Crippen LogP contribution in [0.15, 0.2) is 30.7 Å². The number of piperidine rings is 1. The SMILES string of the molecule is CC(C)(C)OC(=O)N1CCC(c2cccn3ccnc23)CC1. The molecule has 1 aliphatic rings. The van der Waals surface area contributed by atoms with Gasteiger partial charge in [0.05, 0.1) is 0 Å². The van der Waals surface area contributed by atoms with Crippen molar-refractivity contribution in [3.63, 3.8) is 0 Å². The largest absolute Gasteiger partial charge is 0.444 e. The van der Waals surface area contributed by atoms with E-state index in [0.717, 1.165) is 31.6 Å². The van der Waals surface area contributed by atoms with E-state index in [-0.39, 0.29) is 6.09 Å². The van der Waals surface area contributed by atoms with E-state index in [1.165, 1.54) is 5.56 Å². The molecule has 3 heterocycles. The number of carbonyl (C=O) groups is 1. The van der Waals surface area contributed by atoms with Crippen molar-refractivity contribution >= 4 is 11.7 Å². The number of carbonyl (C=O) groups excluding carboxylic acids is 1. The van der Waals surface area contributed by atoms with Crippen molar-refractivity contribution in [3.05, 3.63) is 36.3 Å². The minimum atomic E-state index is -0.435. The van der Waals surface area contributed by atoms with Gasteiger partial charge in [0.15, 0.2) is 0 Å². The highest BCUT2D eigenvalue weighted by molar-refractivity contribution is 5.68. The highest BCUT2D eigenvalue weighted by Crippen LogP contribution is 2.30. The van der Waals surface area contributed by atoms with Crippen LogP contribution < -0.4 is 0 Å². The molecule has 0 aromatic carbocycles. The van der Waals surface area contributed by atoms with Gasteiger partial charge in [0.2, 0.25) is 0 Å². The van der Waals surface area contributed by atoms with Gasteiger partial charge in [-0.15, -0.1) is 0 Å². The Balaban J connectivity index is 1.67. The van der Waals surface area contributed by atoms with E-state index >= 15 is 0 Å². The molecular formula is C17H23N3O2. The summed E-state index contributed by atoms with van der Waals surface area (Å²) >= 11 is 0. The summed E-state index contributed by atoms with van der Waals surface area (Å²) in [5, 5.41) is 0. The first kappa shape index (κ1) is 14.9. The molecule has 2 aromatic rings. The first-order chi connectivity index (χ1) is 10.4. The van der Waals surface area contributed by atoms with Crippen molar-refractivity contribution in [2.75, 3.05) is 13.1 Å². The summed E-state index contributed by atoms with van der Waals surface area (Å²) in [6.45, 7) is 7.17. The second-order valence-corrected chi connectivity index (χ2v) is 6.86. The van der Waals surface area contributed by atoms with Crippen LogP contribution in [0.4, 0.5) is 4.79 Å². The molecule has 0 spiro atoms. The number of aromatic nitrogens is 2. The molecule has 0 aliphatic carbocycles. The molecule has 5 nitrogen and oxygen atoms in total. The number of imidazole rings is 1. The maximum absolute atomic E-state index is 12.1. The summed E-state index contributed by atoms with van der Waals surface area (Å²) in [6, 6.07) is 4.21. The van der Waals surface area contributed by atoms with Crippen molar-refractivity contribution in [2.45, 2.75) is 45.1 Å². The Labute approximate surface area is 130 Å². The number of nitrogens with zero attached hydrogens (tertiary/aromatic N) is 3. The summed E-state index contributed by atoms with van der Waals surface area (Å²) in [5.74, 6) is 0.449. The fourth-order valence-electron chi connectivity index (χ4n) is 2.99. The highest BCUT2D eigenvalue weighted by Gasteiger charge is 2.28. The summed E-state index contributed by atoms with van der Waals surface area (Å²) in [6.07, 6.45) is 7.51. The van der Waals surface area contributed by atoms with Crippen LogP contribution in [0.3, 0.4) is 0 Å². The fourth-order valence-corrected chi connectivity index (χ4v) is 2.99. The Morgan fingerprint density at radius 1 is 1.27 bits per heavy atom. The first-order valence-electron chi connectivity index (χ1n) is 7.83. The Hall–Kier alpha value is -2.04. The molecule has 0 bridgehead atoms. The van der Waals surface area contributed by atoms with Gasteiger partial charge in [-0.05, 0) is 51.2 Å². The predicted octanol–water partition coefficient (Wildman–Crippen LogP) is 3.45. The molecule has 5 heteroatoms. The predicted molar refractivity (Wildman–Crippen MR) is 85.0 cm³/mol. The Morgan fingerprint density at radius 2 is 2.00 bits per heavy atom. The van der Waals surface area contributed by atoms with Gasteiger partial charge in [0, 0.05) is 31.7 Å². The Bertz CT molecular complexity index is 664. The number of likely N-dealkylation sites (tertiary alicyclic amines) is 1. The third kappa shape index (κ3) is 3.08. The molecule has 1 amide bonds. The van der Waals surface area contributed by atoms with Crippen LogP contribution in [0, 0.1) is 0 Å². The number of rotatable bonds is 1. The maximum Gasteiger partial charge on any atom is 0.410 e. The molecule has 3 rings (SSSR count). The van der Waals surface area contributed by atoms with E-state index in [1.54, 1.807) is 0 Å². The zero-order chi connectivity index (χ0) is 15.7. The standard InChI is InChI=1S/C17H23N3O2/c1-17(2,3)22-16(21)20-10-6-13(7-11-20)14-5-4-9-19-12-8-18-15(14)19/h4-5,8-9,12-13H,6-7,10-11H2,1-3H3. The molecule has 1 fully saturated rings. The lowest BCUT2D eigenvalue weighted by molar-refractivity contribution is 0.0205. The normalized spacial score (nSPS) is 17.0. The lowest BCUT2D eigenvalue weighted by Crippen LogP contribution is -2.41. The van der Waals surface area contributed by atoms with Gasteiger partial charge in [0.25, 0.3) is 0 Å². The third-order valence-electron chi connectivity index (χ3n) is 4.04. The zero-order valence-electron chi connectivity index (χ0n) is 13.5. The van der Waals surface area contributed by atoms with E-state index in [9.17, 15) is 4.79 Å². The molecule has 0 saturated carbocycles. The summed E-state index contributed by atoms with van der Waals surface area (Å²) in [4.78, 5) is 18.4. The molecule has 0 atom stereocenters. The van der Waals surface area contributed by atoms with Gasteiger partial charge in [0.1, 0.15) is 11.2 Å². The van der Waals surface area contributed by atoms with Gasteiger partial charge in [-0.2, -0.15) is 0 Å². The lowest BCUT2D eigenvalue weighted by Gasteiger charge is -2.33.